The molecule has 2 fully saturated rings. The van der Waals surface area contributed by atoms with Crippen LogP contribution in [0.15, 0.2) is 24.3 Å². The Hall–Kier alpha value is -1.66. The molecule has 2 saturated carbocycles. The Labute approximate surface area is 237 Å². The first-order valence-corrected chi connectivity index (χ1v) is 15.7. The summed E-state index contributed by atoms with van der Waals surface area (Å²) in [6.07, 6.45) is 20.4. The van der Waals surface area contributed by atoms with Crippen molar-refractivity contribution in [2.45, 2.75) is 110 Å². The van der Waals surface area contributed by atoms with Gasteiger partial charge in [-0.05, 0) is 74.5 Å². The second-order valence-electron chi connectivity index (χ2n) is 12.2. The summed E-state index contributed by atoms with van der Waals surface area (Å²) < 4.78 is 15.7. The normalized spacial score (nSPS) is 24.1. The van der Waals surface area contributed by atoms with Crippen LogP contribution in [0.4, 0.5) is 0 Å². The van der Waals surface area contributed by atoms with Crippen LogP contribution in [0.2, 0.25) is 0 Å². The Morgan fingerprint density at radius 3 is 1.95 bits per heavy atom. The van der Waals surface area contributed by atoms with Crippen LogP contribution in [0.1, 0.15) is 110 Å². The third kappa shape index (κ3) is 13.0. The molecule has 0 aromatic heterocycles. The van der Waals surface area contributed by atoms with Gasteiger partial charge in [0.2, 0.25) is 0 Å². The van der Waals surface area contributed by atoms with Crippen molar-refractivity contribution in [1.29, 1.82) is 0 Å². The number of unbranched alkanes of at least 4 members (excludes halogenated alkanes) is 2. The molecule has 224 valence electrons. The number of aliphatic hydroxyl groups excluding tert-OH is 1. The zero-order valence-electron chi connectivity index (χ0n) is 24.9. The van der Waals surface area contributed by atoms with Gasteiger partial charge in [-0.1, -0.05) is 77.9 Å². The molecule has 0 saturated heterocycles. The number of ether oxygens (including phenoxy) is 3. The molecule has 0 heterocycles. The number of rotatable bonds is 19. The average Bonchev–Trinajstić information content (AvgIpc) is 2.96. The van der Waals surface area contributed by atoms with Gasteiger partial charge in [0.05, 0.1) is 37.6 Å². The molecule has 0 aliphatic heterocycles. The molecule has 1 N–H and O–H groups in total. The molecule has 0 aromatic carbocycles. The van der Waals surface area contributed by atoms with Crippen LogP contribution in [-0.4, -0.2) is 50.6 Å². The maximum atomic E-state index is 12.2. The number of carbonyl (C=O) groups is 2. The van der Waals surface area contributed by atoms with E-state index in [4.69, 9.17) is 19.3 Å². The lowest BCUT2D eigenvalue weighted by Crippen LogP contribution is -2.26. The molecule has 39 heavy (non-hydrogen) atoms. The average molecular weight is 549 g/mol. The summed E-state index contributed by atoms with van der Waals surface area (Å²) in [6, 6.07) is 0. The number of aliphatic hydroxyl groups is 1. The highest BCUT2D eigenvalue weighted by molar-refractivity contribution is 5.88. The van der Waals surface area contributed by atoms with Gasteiger partial charge in [-0.2, -0.15) is 0 Å². The number of esters is 2. The van der Waals surface area contributed by atoms with E-state index in [-0.39, 0.29) is 24.7 Å². The highest BCUT2D eigenvalue weighted by Gasteiger charge is 2.31. The van der Waals surface area contributed by atoms with Crippen LogP contribution < -0.4 is 0 Å². The van der Waals surface area contributed by atoms with Gasteiger partial charge in [0, 0.05) is 7.11 Å². The molecule has 2 aliphatic rings. The zero-order chi connectivity index (χ0) is 28.5. The Morgan fingerprint density at radius 2 is 1.38 bits per heavy atom. The van der Waals surface area contributed by atoms with Crippen molar-refractivity contribution in [2.24, 2.45) is 29.6 Å². The Bertz CT molecular complexity index is 730. The molecule has 0 aromatic rings. The molecule has 0 radical (unpaired) electrons. The van der Waals surface area contributed by atoms with E-state index in [0.29, 0.717) is 18.6 Å². The molecule has 1 atom stereocenters. The van der Waals surface area contributed by atoms with Crippen molar-refractivity contribution in [3.05, 3.63) is 24.3 Å². The fourth-order valence-corrected chi connectivity index (χ4v) is 6.59. The minimum Gasteiger partial charge on any atom is -0.462 e. The van der Waals surface area contributed by atoms with E-state index in [1.54, 1.807) is 0 Å². The van der Waals surface area contributed by atoms with Gasteiger partial charge in [-0.15, -0.1) is 0 Å². The number of hydrogen-bond acceptors (Lipinski definition) is 6. The Morgan fingerprint density at radius 1 is 0.795 bits per heavy atom. The summed E-state index contributed by atoms with van der Waals surface area (Å²) in [5.41, 5.74) is 0.383. The molecular weight excluding hydrogens is 492 g/mol. The van der Waals surface area contributed by atoms with Crippen LogP contribution >= 0.6 is 0 Å². The molecule has 6 heteroatoms. The lowest BCUT2D eigenvalue weighted by molar-refractivity contribution is -0.141. The second kappa shape index (κ2) is 19.4. The molecule has 0 spiro atoms. The van der Waals surface area contributed by atoms with Crippen LogP contribution in [0, 0.1) is 29.6 Å². The van der Waals surface area contributed by atoms with Crippen LogP contribution in [0.3, 0.4) is 0 Å². The Balaban J connectivity index is 1.73. The van der Waals surface area contributed by atoms with Gasteiger partial charge in [-0.3, -0.25) is 0 Å². The van der Waals surface area contributed by atoms with E-state index in [9.17, 15) is 9.59 Å². The van der Waals surface area contributed by atoms with Gasteiger partial charge in [0.25, 0.3) is 0 Å². The van der Waals surface area contributed by atoms with E-state index in [1.807, 2.05) is 0 Å². The first kappa shape index (κ1) is 33.5. The summed E-state index contributed by atoms with van der Waals surface area (Å²) >= 11 is 0. The van der Waals surface area contributed by atoms with E-state index in [0.717, 1.165) is 42.9 Å². The smallest absolute Gasteiger partial charge is 0.335 e. The summed E-state index contributed by atoms with van der Waals surface area (Å²) in [6.45, 7) is 9.91. The molecule has 0 amide bonds. The second-order valence-corrected chi connectivity index (χ2v) is 12.2. The van der Waals surface area contributed by atoms with E-state index in [1.165, 1.54) is 84.2 Å². The number of hydrogen-bond donors (Lipinski definition) is 1. The summed E-state index contributed by atoms with van der Waals surface area (Å²) in [5, 5.41) is 9.02. The lowest BCUT2D eigenvalue weighted by Gasteiger charge is -2.38. The first-order chi connectivity index (χ1) is 18.9. The molecule has 2 aliphatic carbocycles. The van der Waals surface area contributed by atoms with Crippen molar-refractivity contribution in [3.8, 4) is 0 Å². The SMILES string of the molecule is C=C(CO)C(=O)OCCCC(CCC1CCC(C2CCC(CCCCC)CC2)CC1)COC(=O)C(=C)COC. The number of methoxy groups -OCH3 is 1. The predicted octanol–water partition coefficient (Wildman–Crippen LogP) is 7.19. The van der Waals surface area contributed by atoms with Gasteiger partial charge in [-0.25, -0.2) is 9.59 Å². The highest BCUT2D eigenvalue weighted by Crippen LogP contribution is 2.43. The van der Waals surface area contributed by atoms with Crippen molar-refractivity contribution in [2.75, 3.05) is 33.5 Å². The lowest BCUT2D eigenvalue weighted by atomic mass is 9.68. The third-order valence-electron chi connectivity index (χ3n) is 9.18. The molecule has 1 unspecified atom stereocenters. The fraction of sp³-hybridized carbons (Fsp3) is 0.818. The highest BCUT2D eigenvalue weighted by atomic mass is 16.5. The van der Waals surface area contributed by atoms with Gasteiger partial charge in [0.15, 0.2) is 0 Å². The largest absolute Gasteiger partial charge is 0.462 e. The minimum absolute atomic E-state index is 0.0627. The maximum Gasteiger partial charge on any atom is 0.335 e. The predicted molar refractivity (Wildman–Crippen MR) is 156 cm³/mol. The molecular formula is C33H56O6. The summed E-state index contributed by atoms with van der Waals surface area (Å²) in [5.74, 6) is 2.85. The van der Waals surface area contributed by atoms with E-state index in [2.05, 4.69) is 20.1 Å². The molecule has 0 bridgehead atoms. The van der Waals surface area contributed by atoms with E-state index < -0.39 is 18.5 Å². The van der Waals surface area contributed by atoms with Crippen LogP contribution in [0.5, 0.6) is 0 Å². The minimum atomic E-state index is -0.557. The fourth-order valence-electron chi connectivity index (χ4n) is 6.59. The van der Waals surface area contributed by atoms with Crippen LogP contribution in [-0.2, 0) is 23.8 Å². The first-order valence-electron chi connectivity index (χ1n) is 15.7. The maximum absolute atomic E-state index is 12.2. The number of carbonyl (C=O) groups excluding carboxylic acids is 2. The summed E-state index contributed by atoms with van der Waals surface area (Å²) in [7, 11) is 1.53. The van der Waals surface area contributed by atoms with Gasteiger partial charge < -0.3 is 19.3 Å². The van der Waals surface area contributed by atoms with Crippen molar-refractivity contribution < 1.29 is 28.9 Å². The van der Waals surface area contributed by atoms with Crippen molar-refractivity contribution in [1.82, 2.24) is 0 Å². The Kier molecular flexibility index (Phi) is 16.7. The van der Waals surface area contributed by atoms with Gasteiger partial charge >= 0.3 is 11.9 Å². The third-order valence-corrected chi connectivity index (χ3v) is 9.18. The van der Waals surface area contributed by atoms with Crippen molar-refractivity contribution >= 4 is 11.9 Å². The standard InChI is InChI=1S/C33H56O6/c1-5-6-7-9-27-13-17-30(18-14-27)31-19-15-28(16-20-31)11-12-29(24-39-33(36)26(3)23-37-4)10-8-21-38-32(35)25(2)22-34/h27-31,34H,2-3,5-24H2,1,4H3. The molecule has 6 nitrogen and oxygen atoms in total. The quantitative estimate of drug-likeness (QED) is 0.104. The zero-order valence-corrected chi connectivity index (χ0v) is 24.9. The van der Waals surface area contributed by atoms with E-state index >= 15 is 0 Å². The molecule has 2 rings (SSSR count). The van der Waals surface area contributed by atoms with Crippen LogP contribution in [0.25, 0.3) is 0 Å². The van der Waals surface area contributed by atoms with Gasteiger partial charge in [0.1, 0.15) is 0 Å². The monoisotopic (exact) mass is 548 g/mol. The topological polar surface area (TPSA) is 82.1 Å². The summed E-state index contributed by atoms with van der Waals surface area (Å²) in [4.78, 5) is 24.0. The van der Waals surface area contributed by atoms with Crippen molar-refractivity contribution in [3.63, 3.8) is 0 Å².